The van der Waals surface area contributed by atoms with Crippen molar-refractivity contribution < 1.29 is 4.74 Å². The van der Waals surface area contributed by atoms with Crippen LogP contribution in [0.1, 0.15) is 31.4 Å². The normalized spacial score (nSPS) is 12.5. The fraction of sp³-hybridized carbons (Fsp3) is 0.538. The molecule has 0 heterocycles. The summed E-state index contributed by atoms with van der Waals surface area (Å²) in [6.45, 7) is 9.23. The second kappa shape index (κ2) is 5.06. The fourth-order valence-electron chi connectivity index (χ4n) is 1.55. The third kappa shape index (κ3) is 3.15. The number of nitrogen functional groups attached to an aromatic ring is 1. The number of benzene rings is 1. The van der Waals surface area contributed by atoms with Crippen LogP contribution in [-0.4, -0.2) is 6.61 Å². The van der Waals surface area contributed by atoms with E-state index >= 15 is 0 Å². The summed E-state index contributed by atoms with van der Waals surface area (Å²) in [5, 5.41) is 0. The van der Waals surface area contributed by atoms with Crippen molar-refractivity contribution in [3.63, 3.8) is 0 Å². The van der Waals surface area contributed by atoms with E-state index in [0.29, 0.717) is 5.92 Å². The summed E-state index contributed by atoms with van der Waals surface area (Å²) in [5.41, 5.74) is 8.80. The Morgan fingerprint density at radius 3 is 2.27 bits per heavy atom. The van der Waals surface area contributed by atoms with Crippen molar-refractivity contribution in [3.8, 4) is 5.75 Å². The molecule has 15 heavy (non-hydrogen) atoms. The van der Waals surface area contributed by atoms with Crippen LogP contribution in [0, 0.1) is 19.8 Å². The van der Waals surface area contributed by atoms with Crippen LogP contribution >= 0.6 is 0 Å². The molecule has 1 rings (SSSR count). The van der Waals surface area contributed by atoms with Crippen LogP contribution in [0.15, 0.2) is 12.1 Å². The molecule has 0 spiro atoms. The van der Waals surface area contributed by atoms with Gasteiger partial charge in [-0.1, -0.05) is 20.3 Å². The highest BCUT2D eigenvalue weighted by Crippen LogP contribution is 2.26. The molecule has 2 nitrogen and oxygen atoms in total. The Morgan fingerprint density at radius 1 is 1.27 bits per heavy atom. The third-order valence-electron chi connectivity index (χ3n) is 2.69. The number of hydrogen-bond acceptors (Lipinski definition) is 2. The molecule has 0 aliphatic heterocycles. The molecule has 84 valence electrons. The first kappa shape index (κ1) is 11.9. The van der Waals surface area contributed by atoms with Crippen molar-refractivity contribution in [3.05, 3.63) is 23.3 Å². The van der Waals surface area contributed by atoms with Gasteiger partial charge in [-0.15, -0.1) is 0 Å². The van der Waals surface area contributed by atoms with Crippen molar-refractivity contribution in [1.29, 1.82) is 0 Å². The van der Waals surface area contributed by atoms with Crippen LogP contribution in [-0.2, 0) is 0 Å². The number of rotatable bonds is 4. The zero-order valence-corrected chi connectivity index (χ0v) is 10.1. The van der Waals surface area contributed by atoms with Crippen LogP contribution in [0.25, 0.3) is 0 Å². The van der Waals surface area contributed by atoms with Gasteiger partial charge in [0.15, 0.2) is 0 Å². The zero-order valence-electron chi connectivity index (χ0n) is 10.1. The first-order valence-corrected chi connectivity index (χ1v) is 5.54. The molecule has 0 bridgehead atoms. The Labute approximate surface area is 92.4 Å². The SMILES string of the molecule is CCC(C)COc1c(C)cc(N)cc1C. The molecule has 0 aliphatic carbocycles. The summed E-state index contributed by atoms with van der Waals surface area (Å²) < 4.78 is 5.82. The van der Waals surface area contributed by atoms with E-state index in [2.05, 4.69) is 13.8 Å². The van der Waals surface area contributed by atoms with Crippen LogP contribution in [0.5, 0.6) is 5.75 Å². The highest BCUT2D eigenvalue weighted by Gasteiger charge is 2.07. The summed E-state index contributed by atoms with van der Waals surface area (Å²) in [5.74, 6) is 1.59. The Kier molecular flexibility index (Phi) is 4.01. The number of ether oxygens (including phenoxy) is 1. The first-order valence-electron chi connectivity index (χ1n) is 5.54. The van der Waals surface area contributed by atoms with Gasteiger partial charge in [0.1, 0.15) is 5.75 Å². The molecule has 2 heteroatoms. The van der Waals surface area contributed by atoms with Gasteiger partial charge in [-0.2, -0.15) is 0 Å². The average molecular weight is 207 g/mol. The minimum absolute atomic E-state index is 0.598. The van der Waals surface area contributed by atoms with Crippen molar-refractivity contribution in [2.24, 2.45) is 5.92 Å². The Bertz CT molecular complexity index is 310. The molecule has 1 aromatic carbocycles. The third-order valence-corrected chi connectivity index (χ3v) is 2.69. The maximum atomic E-state index is 5.82. The van der Waals surface area contributed by atoms with Crippen LogP contribution < -0.4 is 10.5 Å². The molecular formula is C13H21NO. The van der Waals surface area contributed by atoms with Crippen molar-refractivity contribution in [1.82, 2.24) is 0 Å². The van der Waals surface area contributed by atoms with Gasteiger partial charge >= 0.3 is 0 Å². The van der Waals surface area contributed by atoms with E-state index in [1.54, 1.807) is 0 Å². The standard InChI is InChI=1S/C13H21NO/c1-5-9(2)8-15-13-10(3)6-12(14)7-11(13)4/h6-7,9H,5,8,14H2,1-4H3. The highest BCUT2D eigenvalue weighted by molar-refractivity contribution is 5.52. The van der Waals surface area contributed by atoms with Crippen molar-refractivity contribution >= 4 is 5.69 Å². The first-order chi connectivity index (χ1) is 7.04. The monoisotopic (exact) mass is 207 g/mol. The van der Waals surface area contributed by atoms with Gasteiger partial charge in [-0.05, 0) is 43.0 Å². The number of anilines is 1. The number of hydrogen-bond donors (Lipinski definition) is 1. The van der Waals surface area contributed by atoms with Gasteiger partial charge in [0.2, 0.25) is 0 Å². The van der Waals surface area contributed by atoms with E-state index in [1.165, 1.54) is 0 Å². The van der Waals surface area contributed by atoms with E-state index in [4.69, 9.17) is 10.5 Å². The van der Waals surface area contributed by atoms with Crippen molar-refractivity contribution in [2.75, 3.05) is 12.3 Å². The summed E-state index contributed by atoms with van der Waals surface area (Å²) in [6, 6.07) is 3.91. The van der Waals surface area contributed by atoms with E-state index < -0.39 is 0 Å². The lowest BCUT2D eigenvalue weighted by atomic mass is 10.1. The smallest absolute Gasteiger partial charge is 0.125 e. The maximum Gasteiger partial charge on any atom is 0.125 e. The van der Waals surface area contributed by atoms with Gasteiger partial charge in [-0.3, -0.25) is 0 Å². The molecule has 1 atom stereocenters. The minimum atomic E-state index is 0.598. The second-order valence-electron chi connectivity index (χ2n) is 4.31. The molecule has 0 aliphatic rings. The summed E-state index contributed by atoms with van der Waals surface area (Å²) >= 11 is 0. The van der Waals surface area contributed by atoms with E-state index in [0.717, 1.165) is 35.6 Å². The molecule has 0 saturated carbocycles. The number of nitrogens with two attached hydrogens (primary N) is 1. The van der Waals surface area contributed by atoms with Crippen LogP contribution in [0.2, 0.25) is 0 Å². The molecule has 2 N–H and O–H groups in total. The molecule has 0 radical (unpaired) electrons. The fourth-order valence-corrected chi connectivity index (χ4v) is 1.55. The molecule has 0 fully saturated rings. The maximum absolute atomic E-state index is 5.82. The quantitative estimate of drug-likeness (QED) is 0.769. The Morgan fingerprint density at radius 2 is 1.80 bits per heavy atom. The van der Waals surface area contributed by atoms with Gasteiger partial charge in [-0.25, -0.2) is 0 Å². The number of aryl methyl sites for hydroxylation is 2. The van der Waals surface area contributed by atoms with Gasteiger partial charge in [0.25, 0.3) is 0 Å². The second-order valence-corrected chi connectivity index (χ2v) is 4.31. The van der Waals surface area contributed by atoms with Gasteiger partial charge in [0.05, 0.1) is 6.61 Å². The van der Waals surface area contributed by atoms with Crippen LogP contribution in [0.4, 0.5) is 5.69 Å². The van der Waals surface area contributed by atoms with Gasteiger partial charge < -0.3 is 10.5 Å². The van der Waals surface area contributed by atoms with E-state index in [1.807, 2.05) is 26.0 Å². The minimum Gasteiger partial charge on any atom is -0.493 e. The summed E-state index contributed by atoms with van der Waals surface area (Å²) in [4.78, 5) is 0. The Balaban J connectivity index is 2.77. The molecule has 0 amide bonds. The molecule has 0 aromatic heterocycles. The zero-order chi connectivity index (χ0) is 11.4. The lowest BCUT2D eigenvalue weighted by Gasteiger charge is -2.15. The largest absolute Gasteiger partial charge is 0.493 e. The van der Waals surface area contributed by atoms with E-state index in [-0.39, 0.29) is 0 Å². The lowest BCUT2D eigenvalue weighted by molar-refractivity contribution is 0.253. The van der Waals surface area contributed by atoms with Gasteiger partial charge in [0, 0.05) is 5.69 Å². The highest BCUT2D eigenvalue weighted by atomic mass is 16.5. The topological polar surface area (TPSA) is 35.2 Å². The van der Waals surface area contributed by atoms with Crippen molar-refractivity contribution in [2.45, 2.75) is 34.1 Å². The van der Waals surface area contributed by atoms with Crippen LogP contribution in [0.3, 0.4) is 0 Å². The average Bonchev–Trinajstić information content (AvgIpc) is 2.15. The predicted molar refractivity (Wildman–Crippen MR) is 65.3 cm³/mol. The molecular weight excluding hydrogens is 186 g/mol. The predicted octanol–water partition coefficient (Wildman–Crippen LogP) is 3.31. The van der Waals surface area contributed by atoms with E-state index in [9.17, 15) is 0 Å². The molecule has 1 unspecified atom stereocenters. The lowest BCUT2D eigenvalue weighted by Crippen LogP contribution is -2.09. The summed E-state index contributed by atoms with van der Waals surface area (Å²) in [7, 11) is 0. The summed E-state index contributed by atoms with van der Waals surface area (Å²) in [6.07, 6.45) is 1.15. The molecule has 0 saturated heterocycles. The molecule has 1 aromatic rings. The Hall–Kier alpha value is -1.18.